The molecule has 1 N–H and O–H groups in total. The van der Waals surface area contributed by atoms with Gasteiger partial charge in [0.2, 0.25) is 0 Å². The average molecular weight is 374 g/mol. The summed E-state index contributed by atoms with van der Waals surface area (Å²) in [5.41, 5.74) is 1.32. The molecule has 1 aromatic rings. The molecule has 0 radical (unpaired) electrons. The van der Waals surface area contributed by atoms with Gasteiger partial charge in [0.15, 0.2) is 0 Å². The fourth-order valence-electron chi connectivity index (χ4n) is 3.26. The van der Waals surface area contributed by atoms with E-state index in [0.717, 1.165) is 18.1 Å². The first-order chi connectivity index (χ1) is 9.99. The molecular formula is C17H26BrClN2. The van der Waals surface area contributed by atoms with Crippen LogP contribution >= 0.6 is 27.5 Å². The molecule has 21 heavy (non-hydrogen) atoms. The molecule has 0 aliphatic carbocycles. The number of hydrogen-bond acceptors (Lipinski definition) is 2. The number of nitrogens with zero attached hydrogens (tertiary/aromatic N) is 1. The molecule has 1 aliphatic rings. The van der Waals surface area contributed by atoms with E-state index < -0.39 is 0 Å². The largest absolute Gasteiger partial charge is 0.314 e. The van der Waals surface area contributed by atoms with Gasteiger partial charge in [-0.05, 0) is 56.1 Å². The first kappa shape index (κ1) is 17.3. The molecule has 0 aromatic heterocycles. The lowest BCUT2D eigenvalue weighted by Gasteiger charge is -2.34. The van der Waals surface area contributed by atoms with Crippen molar-refractivity contribution >= 4 is 27.5 Å². The van der Waals surface area contributed by atoms with E-state index in [4.69, 9.17) is 11.6 Å². The molecule has 2 unspecified atom stereocenters. The summed E-state index contributed by atoms with van der Waals surface area (Å²) in [6.45, 7) is 6.64. The van der Waals surface area contributed by atoms with Gasteiger partial charge in [0.25, 0.3) is 0 Å². The third kappa shape index (κ3) is 4.69. The molecule has 1 fully saturated rings. The maximum absolute atomic E-state index is 6.24. The predicted octanol–water partition coefficient (Wildman–Crippen LogP) is 4.87. The van der Waals surface area contributed by atoms with E-state index in [-0.39, 0.29) is 0 Å². The lowest BCUT2D eigenvalue weighted by Crippen LogP contribution is -2.37. The lowest BCUT2D eigenvalue weighted by atomic mass is 9.89. The SMILES string of the molecule is CC(C)NCC1CCCCN(C)C1c1cc(Cl)ccc1Br. The van der Waals surface area contributed by atoms with Crippen LogP contribution in [0.2, 0.25) is 5.02 Å². The van der Waals surface area contributed by atoms with Crippen LogP contribution in [0, 0.1) is 5.92 Å². The highest BCUT2D eigenvalue weighted by atomic mass is 79.9. The number of hydrogen-bond donors (Lipinski definition) is 1. The highest BCUT2D eigenvalue weighted by Crippen LogP contribution is 2.38. The molecule has 0 amide bonds. The van der Waals surface area contributed by atoms with Gasteiger partial charge in [-0.3, -0.25) is 4.90 Å². The van der Waals surface area contributed by atoms with E-state index in [1.54, 1.807) is 0 Å². The van der Waals surface area contributed by atoms with E-state index in [9.17, 15) is 0 Å². The summed E-state index contributed by atoms with van der Waals surface area (Å²) in [5, 5.41) is 4.44. The van der Waals surface area contributed by atoms with Gasteiger partial charge in [-0.15, -0.1) is 0 Å². The third-order valence-corrected chi connectivity index (χ3v) is 5.28. The average Bonchev–Trinajstić information content (AvgIpc) is 2.61. The minimum atomic E-state index is 0.423. The normalized spacial score (nSPS) is 24.3. The van der Waals surface area contributed by atoms with Crippen LogP contribution in [0.3, 0.4) is 0 Å². The highest BCUT2D eigenvalue weighted by molar-refractivity contribution is 9.10. The standard InChI is InChI=1S/C17H26BrClN2/c1-12(2)20-11-13-6-4-5-9-21(3)17(13)15-10-14(19)7-8-16(15)18/h7-8,10,12-13,17,20H,4-6,9,11H2,1-3H3. The molecule has 1 saturated heterocycles. The van der Waals surface area contributed by atoms with E-state index in [1.807, 2.05) is 6.07 Å². The molecule has 0 spiro atoms. The third-order valence-electron chi connectivity index (χ3n) is 4.32. The van der Waals surface area contributed by atoms with Gasteiger partial charge < -0.3 is 5.32 Å². The maximum Gasteiger partial charge on any atom is 0.0410 e. The number of nitrogens with one attached hydrogen (secondary N) is 1. The molecule has 1 aliphatic heterocycles. The second-order valence-corrected chi connectivity index (χ2v) is 7.70. The van der Waals surface area contributed by atoms with Crippen LogP contribution in [0.25, 0.3) is 0 Å². The number of rotatable bonds is 4. The van der Waals surface area contributed by atoms with Gasteiger partial charge in [0.1, 0.15) is 0 Å². The van der Waals surface area contributed by atoms with Gasteiger partial charge in [0.05, 0.1) is 0 Å². The number of likely N-dealkylation sites (tertiary alicyclic amines) is 1. The zero-order valence-electron chi connectivity index (χ0n) is 13.2. The molecule has 2 atom stereocenters. The van der Waals surface area contributed by atoms with Crippen molar-refractivity contribution < 1.29 is 0 Å². The first-order valence-electron chi connectivity index (χ1n) is 7.87. The molecule has 1 aromatic carbocycles. The Kier molecular flexibility index (Phi) is 6.54. The Morgan fingerprint density at radius 1 is 1.38 bits per heavy atom. The van der Waals surface area contributed by atoms with Gasteiger partial charge in [-0.2, -0.15) is 0 Å². The maximum atomic E-state index is 6.24. The van der Waals surface area contributed by atoms with Crippen molar-refractivity contribution in [3.8, 4) is 0 Å². The lowest BCUT2D eigenvalue weighted by molar-refractivity contribution is 0.186. The number of benzene rings is 1. The molecule has 4 heteroatoms. The molecule has 2 rings (SSSR count). The van der Waals surface area contributed by atoms with Crippen molar-refractivity contribution in [3.05, 3.63) is 33.3 Å². The summed E-state index contributed by atoms with van der Waals surface area (Å²) in [6.07, 6.45) is 3.86. The Hall–Kier alpha value is -0.0900. The zero-order valence-corrected chi connectivity index (χ0v) is 15.5. The summed E-state index contributed by atoms with van der Waals surface area (Å²) in [5.74, 6) is 0.620. The Morgan fingerprint density at radius 3 is 2.86 bits per heavy atom. The van der Waals surface area contributed by atoms with Gasteiger partial charge in [-0.25, -0.2) is 0 Å². The van der Waals surface area contributed by atoms with Gasteiger partial charge >= 0.3 is 0 Å². The second kappa shape index (κ2) is 7.96. The highest BCUT2D eigenvalue weighted by Gasteiger charge is 2.30. The van der Waals surface area contributed by atoms with Crippen LogP contribution in [0.4, 0.5) is 0 Å². The fraction of sp³-hybridized carbons (Fsp3) is 0.647. The van der Waals surface area contributed by atoms with E-state index in [0.29, 0.717) is 18.0 Å². The minimum Gasteiger partial charge on any atom is -0.314 e. The van der Waals surface area contributed by atoms with Gasteiger partial charge in [-0.1, -0.05) is 47.8 Å². The van der Waals surface area contributed by atoms with Crippen LogP contribution < -0.4 is 5.32 Å². The van der Waals surface area contributed by atoms with Crippen molar-refractivity contribution in [2.75, 3.05) is 20.1 Å². The quantitative estimate of drug-likeness (QED) is 0.809. The van der Waals surface area contributed by atoms with E-state index in [1.165, 1.54) is 29.3 Å². The predicted molar refractivity (Wildman–Crippen MR) is 95.0 cm³/mol. The van der Waals surface area contributed by atoms with Crippen molar-refractivity contribution in [1.82, 2.24) is 10.2 Å². The summed E-state index contributed by atoms with van der Waals surface area (Å²) in [4.78, 5) is 2.50. The topological polar surface area (TPSA) is 15.3 Å². The fourth-order valence-corrected chi connectivity index (χ4v) is 3.92. The molecular weight excluding hydrogens is 348 g/mol. The summed E-state index contributed by atoms with van der Waals surface area (Å²) < 4.78 is 1.17. The van der Waals surface area contributed by atoms with Gasteiger partial charge in [0, 0.05) is 28.1 Å². The monoisotopic (exact) mass is 372 g/mol. The second-order valence-electron chi connectivity index (χ2n) is 6.41. The van der Waals surface area contributed by atoms with Crippen molar-refractivity contribution in [2.45, 2.75) is 45.2 Å². The van der Waals surface area contributed by atoms with Crippen LogP contribution in [0.5, 0.6) is 0 Å². The Balaban J connectivity index is 2.29. The van der Waals surface area contributed by atoms with Crippen LogP contribution in [-0.4, -0.2) is 31.1 Å². The molecule has 1 heterocycles. The summed E-state index contributed by atoms with van der Waals surface area (Å²) in [6, 6.07) is 7.10. The Labute approximate surface area is 142 Å². The van der Waals surface area contributed by atoms with Crippen molar-refractivity contribution in [2.24, 2.45) is 5.92 Å². The Morgan fingerprint density at radius 2 is 2.14 bits per heavy atom. The van der Waals surface area contributed by atoms with E-state index >= 15 is 0 Å². The zero-order chi connectivity index (χ0) is 15.4. The minimum absolute atomic E-state index is 0.423. The smallest absolute Gasteiger partial charge is 0.0410 e. The first-order valence-corrected chi connectivity index (χ1v) is 9.04. The van der Waals surface area contributed by atoms with Crippen LogP contribution in [0.1, 0.15) is 44.7 Å². The van der Waals surface area contributed by atoms with Crippen molar-refractivity contribution in [3.63, 3.8) is 0 Å². The number of halogens is 2. The van der Waals surface area contributed by atoms with Crippen LogP contribution in [-0.2, 0) is 0 Å². The molecule has 2 nitrogen and oxygen atoms in total. The van der Waals surface area contributed by atoms with Crippen molar-refractivity contribution in [1.29, 1.82) is 0 Å². The molecule has 118 valence electrons. The van der Waals surface area contributed by atoms with E-state index in [2.05, 4.69) is 59.2 Å². The summed E-state index contributed by atoms with van der Waals surface area (Å²) in [7, 11) is 2.24. The van der Waals surface area contributed by atoms with Crippen LogP contribution in [0.15, 0.2) is 22.7 Å². The molecule has 0 saturated carbocycles. The molecule has 0 bridgehead atoms. The summed E-state index contributed by atoms with van der Waals surface area (Å²) >= 11 is 9.97. The Bertz CT molecular complexity index is 464.